The van der Waals surface area contributed by atoms with Crippen molar-refractivity contribution in [2.24, 2.45) is 5.10 Å². The van der Waals surface area contributed by atoms with E-state index in [-0.39, 0.29) is 17.1 Å². The molecule has 0 aliphatic heterocycles. The van der Waals surface area contributed by atoms with Gasteiger partial charge in [-0.25, -0.2) is 10.2 Å². The second kappa shape index (κ2) is 10.1. The summed E-state index contributed by atoms with van der Waals surface area (Å²) in [6, 6.07) is 13.1. The molecule has 1 heterocycles. The SMILES string of the molecule is C/C(=N\NC(=O)C(C)n1nc(C)c([N+](=O)[O-])c1C)c1ccccc1OC(=O)c1ccccc1C. The third kappa shape index (κ3) is 5.01. The summed E-state index contributed by atoms with van der Waals surface area (Å²) in [6.45, 7) is 8.11. The molecule has 0 bridgehead atoms. The summed E-state index contributed by atoms with van der Waals surface area (Å²) in [7, 11) is 0. The van der Waals surface area contributed by atoms with Crippen molar-refractivity contribution < 1.29 is 19.2 Å². The first kappa shape index (κ1) is 24.3. The third-order valence-corrected chi connectivity index (χ3v) is 5.39. The molecule has 10 heteroatoms. The number of hydrogen-bond donors (Lipinski definition) is 1. The van der Waals surface area contributed by atoms with Gasteiger partial charge in [0, 0.05) is 5.56 Å². The topological polar surface area (TPSA) is 129 Å². The highest BCUT2D eigenvalue weighted by molar-refractivity contribution is 6.03. The second-order valence-corrected chi connectivity index (χ2v) is 7.77. The monoisotopic (exact) mass is 463 g/mol. The smallest absolute Gasteiger partial charge is 0.343 e. The van der Waals surface area contributed by atoms with Gasteiger partial charge in [-0.2, -0.15) is 10.2 Å². The van der Waals surface area contributed by atoms with Gasteiger partial charge in [0.1, 0.15) is 23.2 Å². The normalized spacial score (nSPS) is 12.2. The number of carbonyl (C=O) groups is 2. The van der Waals surface area contributed by atoms with Gasteiger partial charge in [0.25, 0.3) is 5.91 Å². The average Bonchev–Trinajstić information content (AvgIpc) is 3.11. The highest BCUT2D eigenvalue weighted by atomic mass is 16.6. The standard InChI is InChI=1S/C24H25N5O5/c1-14-10-6-7-11-19(14)24(31)34-21-13-9-8-12-20(21)15(2)25-26-23(30)18(5)28-17(4)22(29(32)33)16(3)27-28/h6-13,18H,1-5H3,(H,26,30)/b25-15+. The molecule has 0 spiro atoms. The van der Waals surface area contributed by atoms with Crippen LogP contribution in [0.3, 0.4) is 0 Å². The van der Waals surface area contributed by atoms with Crippen LogP contribution in [-0.4, -0.2) is 32.3 Å². The average molecular weight is 463 g/mol. The van der Waals surface area contributed by atoms with Gasteiger partial charge in [0.15, 0.2) is 0 Å². The fourth-order valence-electron chi connectivity index (χ4n) is 3.51. The first-order valence-electron chi connectivity index (χ1n) is 10.5. The maximum atomic E-state index is 12.7. The first-order chi connectivity index (χ1) is 16.1. The van der Waals surface area contributed by atoms with E-state index in [0.717, 1.165) is 5.56 Å². The van der Waals surface area contributed by atoms with E-state index in [0.29, 0.717) is 22.6 Å². The van der Waals surface area contributed by atoms with Gasteiger partial charge < -0.3 is 4.74 Å². The molecule has 0 saturated heterocycles. The molecule has 1 N–H and O–H groups in total. The van der Waals surface area contributed by atoms with E-state index in [1.54, 1.807) is 50.2 Å². The zero-order chi connectivity index (χ0) is 25.0. The molecule has 3 aromatic rings. The number of nitrogens with one attached hydrogen (secondary N) is 1. The number of hydrazone groups is 1. The second-order valence-electron chi connectivity index (χ2n) is 7.77. The van der Waals surface area contributed by atoms with Gasteiger partial charge in [-0.15, -0.1) is 0 Å². The number of ether oxygens (including phenoxy) is 1. The molecule has 0 saturated carbocycles. The van der Waals surface area contributed by atoms with E-state index in [1.165, 1.54) is 18.5 Å². The van der Waals surface area contributed by atoms with Crippen LogP contribution in [0.2, 0.25) is 0 Å². The van der Waals surface area contributed by atoms with E-state index in [9.17, 15) is 19.7 Å². The van der Waals surface area contributed by atoms with E-state index >= 15 is 0 Å². The molecule has 1 amide bonds. The summed E-state index contributed by atoms with van der Waals surface area (Å²) >= 11 is 0. The molecule has 1 atom stereocenters. The Labute approximate surface area is 196 Å². The molecule has 1 aromatic heterocycles. The lowest BCUT2D eigenvalue weighted by Gasteiger charge is -2.13. The van der Waals surface area contributed by atoms with Gasteiger partial charge in [0.2, 0.25) is 0 Å². The summed E-state index contributed by atoms with van der Waals surface area (Å²) in [5.74, 6) is -0.704. The molecule has 1 unspecified atom stereocenters. The van der Waals surface area contributed by atoms with Gasteiger partial charge >= 0.3 is 11.7 Å². The predicted molar refractivity (Wildman–Crippen MR) is 126 cm³/mol. The van der Waals surface area contributed by atoms with Crippen molar-refractivity contribution in [1.29, 1.82) is 0 Å². The number of carbonyl (C=O) groups excluding carboxylic acids is 2. The van der Waals surface area contributed by atoms with Crippen LogP contribution in [0.25, 0.3) is 0 Å². The van der Waals surface area contributed by atoms with E-state index in [4.69, 9.17) is 4.74 Å². The number of amides is 1. The molecule has 0 radical (unpaired) electrons. The number of aromatic nitrogens is 2. The van der Waals surface area contributed by atoms with Crippen molar-refractivity contribution in [2.45, 2.75) is 40.7 Å². The molecule has 10 nitrogen and oxygen atoms in total. The molecule has 0 aliphatic carbocycles. The third-order valence-electron chi connectivity index (χ3n) is 5.39. The minimum Gasteiger partial charge on any atom is -0.422 e. The van der Waals surface area contributed by atoms with Crippen molar-refractivity contribution in [3.63, 3.8) is 0 Å². The van der Waals surface area contributed by atoms with Crippen molar-refractivity contribution >= 4 is 23.3 Å². The Morgan fingerprint density at radius 3 is 2.32 bits per heavy atom. The Hall–Kier alpha value is -4.34. The van der Waals surface area contributed by atoms with E-state index < -0.39 is 22.8 Å². The minimum atomic E-state index is -0.835. The molecule has 3 rings (SSSR count). The van der Waals surface area contributed by atoms with Crippen LogP contribution >= 0.6 is 0 Å². The molecular weight excluding hydrogens is 438 g/mol. The first-order valence-corrected chi connectivity index (χ1v) is 10.5. The molecule has 0 fully saturated rings. The highest BCUT2D eigenvalue weighted by Gasteiger charge is 2.27. The lowest BCUT2D eigenvalue weighted by atomic mass is 10.1. The number of benzene rings is 2. The van der Waals surface area contributed by atoms with Crippen LogP contribution in [-0.2, 0) is 4.79 Å². The summed E-state index contributed by atoms with van der Waals surface area (Å²) < 4.78 is 6.90. The summed E-state index contributed by atoms with van der Waals surface area (Å²) in [6.07, 6.45) is 0. The van der Waals surface area contributed by atoms with Gasteiger partial charge in [-0.1, -0.05) is 30.3 Å². The number of nitrogens with zero attached hydrogens (tertiary/aromatic N) is 4. The molecule has 2 aromatic carbocycles. The molecule has 176 valence electrons. The summed E-state index contributed by atoms with van der Waals surface area (Å²) in [5.41, 5.74) is 5.03. The lowest BCUT2D eigenvalue weighted by molar-refractivity contribution is -0.386. The Morgan fingerprint density at radius 1 is 1.09 bits per heavy atom. The van der Waals surface area contributed by atoms with Crippen LogP contribution in [0.5, 0.6) is 5.75 Å². The van der Waals surface area contributed by atoms with Crippen LogP contribution in [0.1, 0.15) is 52.8 Å². The molecular formula is C24H25N5O5. The number of para-hydroxylation sites is 1. The zero-order valence-corrected chi connectivity index (χ0v) is 19.5. The highest BCUT2D eigenvalue weighted by Crippen LogP contribution is 2.25. The molecule has 0 aliphatic rings. The van der Waals surface area contributed by atoms with Crippen molar-refractivity contribution in [2.75, 3.05) is 0 Å². The van der Waals surface area contributed by atoms with E-state index in [2.05, 4.69) is 15.6 Å². The number of aryl methyl sites for hydroxylation is 2. The van der Waals surface area contributed by atoms with Crippen LogP contribution in [0, 0.1) is 30.9 Å². The quantitative estimate of drug-likeness (QED) is 0.185. The number of rotatable bonds is 7. The molecule has 34 heavy (non-hydrogen) atoms. The Kier molecular flexibility index (Phi) is 7.20. The van der Waals surface area contributed by atoms with Gasteiger partial charge in [0.05, 0.1) is 16.2 Å². The predicted octanol–water partition coefficient (Wildman–Crippen LogP) is 4.04. The minimum absolute atomic E-state index is 0.122. The number of esters is 1. The zero-order valence-electron chi connectivity index (χ0n) is 19.5. The Bertz CT molecular complexity index is 1290. The summed E-state index contributed by atoms with van der Waals surface area (Å²) in [4.78, 5) is 36.0. The fourth-order valence-corrected chi connectivity index (χ4v) is 3.51. The van der Waals surface area contributed by atoms with Crippen LogP contribution in [0.4, 0.5) is 5.69 Å². The Morgan fingerprint density at radius 2 is 1.71 bits per heavy atom. The maximum absolute atomic E-state index is 12.7. The van der Waals surface area contributed by atoms with Crippen molar-refractivity contribution in [3.8, 4) is 5.75 Å². The maximum Gasteiger partial charge on any atom is 0.343 e. The van der Waals surface area contributed by atoms with Gasteiger partial charge in [-0.05, 0) is 58.4 Å². The van der Waals surface area contributed by atoms with Crippen LogP contribution < -0.4 is 10.2 Å². The summed E-state index contributed by atoms with van der Waals surface area (Å²) in [5, 5.41) is 19.5. The number of hydrogen-bond acceptors (Lipinski definition) is 7. The fraction of sp³-hybridized carbons (Fsp3) is 0.250. The van der Waals surface area contributed by atoms with Crippen LogP contribution in [0.15, 0.2) is 53.6 Å². The lowest BCUT2D eigenvalue weighted by Crippen LogP contribution is -2.29. The van der Waals surface area contributed by atoms with Crippen molar-refractivity contribution in [3.05, 3.63) is 86.7 Å². The Balaban J connectivity index is 1.78. The van der Waals surface area contributed by atoms with Crippen molar-refractivity contribution in [1.82, 2.24) is 15.2 Å². The van der Waals surface area contributed by atoms with E-state index in [1.807, 2.05) is 19.1 Å². The van der Waals surface area contributed by atoms with Gasteiger partial charge in [-0.3, -0.25) is 19.6 Å². The largest absolute Gasteiger partial charge is 0.422 e. The number of nitro groups is 1.